The van der Waals surface area contributed by atoms with Crippen LogP contribution in [0, 0.1) is 10.1 Å². The molecular weight excluding hydrogens is 270 g/mol. The highest BCUT2D eigenvalue weighted by molar-refractivity contribution is 5.99. The van der Waals surface area contributed by atoms with E-state index in [0.29, 0.717) is 6.61 Å². The summed E-state index contributed by atoms with van der Waals surface area (Å²) in [5, 5.41) is 11.1. The van der Waals surface area contributed by atoms with Crippen LogP contribution in [0.2, 0.25) is 0 Å². The molecule has 8 nitrogen and oxygen atoms in total. The van der Waals surface area contributed by atoms with Gasteiger partial charge in [-0.3, -0.25) is 10.1 Å². The van der Waals surface area contributed by atoms with E-state index in [0.717, 1.165) is 13.2 Å². The molecule has 0 radical (unpaired) electrons. The predicted molar refractivity (Wildman–Crippen MR) is 66.6 cm³/mol. The standard InChI is InChI=1S/C12H13NO7/c1-3-18-8-6-7(13(15)16)9(12(14)17-2)11-10(8)19-4-5-20-11/h6H,3-5H2,1-2H3. The molecule has 1 aliphatic heterocycles. The van der Waals surface area contributed by atoms with Crippen molar-refractivity contribution in [2.45, 2.75) is 6.92 Å². The second kappa shape index (κ2) is 5.64. The van der Waals surface area contributed by atoms with Crippen LogP contribution < -0.4 is 14.2 Å². The first-order valence-electron chi connectivity index (χ1n) is 5.92. The Balaban J connectivity index is 2.70. The molecule has 0 aromatic heterocycles. The third-order valence-electron chi connectivity index (χ3n) is 2.64. The number of benzene rings is 1. The number of esters is 1. The van der Waals surface area contributed by atoms with Gasteiger partial charge in [0.1, 0.15) is 13.2 Å². The fraction of sp³-hybridized carbons (Fsp3) is 0.417. The predicted octanol–water partition coefficient (Wildman–Crippen LogP) is 1.55. The van der Waals surface area contributed by atoms with Gasteiger partial charge in [-0.2, -0.15) is 0 Å². The zero-order valence-electron chi connectivity index (χ0n) is 11.0. The topological polar surface area (TPSA) is 97.1 Å². The molecule has 8 heteroatoms. The second-order valence-corrected chi connectivity index (χ2v) is 3.81. The van der Waals surface area contributed by atoms with Gasteiger partial charge in [-0.15, -0.1) is 0 Å². The maximum absolute atomic E-state index is 11.8. The molecule has 0 unspecified atom stereocenters. The lowest BCUT2D eigenvalue weighted by molar-refractivity contribution is -0.385. The van der Waals surface area contributed by atoms with Crippen LogP contribution in [0.5, 0.6) is 17.2 Å². The van der Waals surface area contributed by atoms with Crippen LogP contribution in [0.4, 0.5) is 5.69 Å². The summed E-state index contributed by atoms with van der Waals surface area (Å²) < 4.78 is 20.6. The molecule has 0 bridgehead atoms. The van der Waals surface area contributed by atoms with E-state index in [1.165, 1.54) is 0 Å². The fourth-order valence-electron chi connectivity index (χ4n) is 1.87. The normalized spacial score (nSPS) is 12.7. The lowest BCUT2D eigenvalue weighted by Crippen LogP contribution is -2.20. The minimum atomic E-state index is -0.860. The Morgan fingerprint density at radius 3 is 2.60 bits per heavy atom. The van der Waals surface area contributed by atoms with E-state index in [9.17, 15) is 14.9 Å². The van der Waals surface area contributed by atoms with Gasteiger partial charge in [0.2, 0.25) is 5.75 Å². The lowest BCUT2D eigenvalue weighted by atomic mass is 10.1. The minimum absolute atomic E-state index is 0.0132. The third kappa shape index (κ3) is 2.31. The summed E-state index contributed by atoms with van der Waals surface area (Å²) in [6, 6.07) is 1.14. The summed E-state index contributed by atoms with van der Waals surface area (Å²) in [6.45, 7) is 2.48. The highest BCUT2D eigenvalue weighted by atomic mass is 16.6. The number of ether oxygens (including phenoxy) is 4. The quantitative estimate of drug-likeness (QED) is 0.469. The van der Waals surface area contributed by atoms with Crippen molar-refractivity contribution in [2.75, 3.05) is 26.9 Å². The molecule has 108 valence electrons. The maximum atomic E-state index is 11.8. The molecule has 1 aliphatic rings. The molecule has 20 heavy (non-hydrogen) atoms. The molecule has 0 saturated heterocycles. The van der Waals surface area contributed by atoms with Crippen LogP contribution in [0.25, 0.3) is 0 Å². The summed E-state index contributed by atoms with van der Waals surface area (Å²) in [7, 11) is 1.14. The van der Waals surface area contributed by atoms with E-state index >= 15 is 0 Å². The molecule has 0 amide bonds. The van der Waals surface area contributed by atoms with E-state index in [1.807, 2.05) is 0 Å². The van der Waals surface area contributed by atoms with Crippen LogP contribution in [0.1, 0.15) is 17.3 Å². The Bertz CT molecular complexity index is 555. The highest BCUT2D eigenvalue weighted by Gasteiger charge is 2.34. The van der Waals surface area contributed by atoms with Crippen LogP contribution in [0.3, 0.4) is 0 Å². The van der Waals surface area contributed by atoms with Crippen molar-refractivity contribution in [3.63, 3.8) is 0 Å². The summed E-state index contributed by atoms with van der Waals surface area (Å²) in [6.07, 6.45) is 0. The zero-order chi connectivity index (χ0) is 14.7. The Kier molecular flexibility index (Phi) is 3.92. The van der Waals surface area contributed by atoms with Crippen molar-refractivity contribution in [2.24, 2.45) is 0 Å². The van der Waals surface area contributed by atoms with E-state index in [4.69, 9.17) is 14.2 Å². The molecule has 0 fully saturated rings. The van der Waals surface area contributed by atoms with Gasteiger partial charge in [-0.25, -0.2) is 4.79 Å². The minimum Gasteiger partial charge on any atom is -0.490 e. The second-order valence-electron chi connectivity index (χ2n) is 3.81. The van der Waals surface area contributed by atoms with Gasteiger partial charge in [-0.1, -0.05) is 0 Å². The molecule has 1 heterocycles. The summed E-state index contributed by atoms with van der Waals surface area (Å²) >= 11 is 0. The van der Waals surface area contributed by atoms with Crippen molar-refractivity contribution >= 4 is 11.7 Å². The monoisotopic (exact) mass is 283 g/mol. The molecule has 1 aromatic carbocycles. The SMILES string of the molecule is CCOc1cc([N+](=O)[O-])c(C(=O)OC)c2c1OCCO2. The Morgan fingerprint density at radius 1 is 1.40 bits per heavy atom. The van der Waals surface area contributed by atoms with Crippen molar-refractivity contribution in [1.29, 1.82) is 0 Å². The zero-order valence-corrected chi connectivity index (χ0v) is 11.0. The average Bonchev–Trinajstić information content (AvgIpc) is 2.46. The molecular formula is C12H13NO7. The van der Waals surface area contributed by atoms with Gasteiger partial charge in [-0.05, 0) is 6.92 Å². The van der Waals surface area contributed by atoms with Gasteiger partial charge in [0.25, 0.3) is 5.69 Å². The number of rotatable bonds is 4. The molecule has 0 spiro atoms. The largest absolute Gasteiger partial charge is 0.490 e. The summed E-state index contributed by atoms with van der Waals surface area (Å²) in [5.41, 5.74) is -0.708. The van der Waals surface area contributed by atoms with Gasteiger partial charge < -0.3 is 18.9 Å². The maximum Gasteiger partial charge on any atom is 0.348 e. The number of nitrogens with zero attached hydrogens (tertiary/aromatic N) is 1. The van der Waals surface area contributed by atoms with Crippen molar-refractivity contribution in [3.8, 4) is 17.2 Å². The lowest BCUT2D eigenvalue weighted by Gasteiger charge is -2.22. The van der Waals surface area contributed by atoms with E-state index in [1.54, 1.807) is 6.92 Å². The van der Waals surface area contributed by atoms with Crippen LogP contribution in [0.15, 0.2) is 6.07 Å². The van der Waals surface area contributed by atoms with Gasteiger partial charge in [0.05, 0.1) is 24.7 Å². The molecule has 2 rings (SSSR count). The first kappa shape index (κ1) is 13.9. The number of carbonyl (C=O) groups excluding carboxylic acids is 1. The first-order valence-corrected chi connectivity index (χ1v) is 5.92. The number of fused-ring (bicyclic) bond motifs is 1. The highest BCUT2D eigenvalue weighted by Crippen LogP contribution is 2.46. The van der Waals surface area contributed by atoms with Gasteiger partial charge in [0.15, 0.2) is 17.1 Å². The van der Waals surface area contributed by atoms with Crippen molar-refractivity contribution < 1.29 is 28.7 Å². The van der Waals surface area contributed by atoms with E-state index < -0.39 is 16.6 Å². The van der Waals surface area contributed by atoms with Gasteiger partial charge >= 0.3 is 5.97 Å². The smallest absolute Gasteiger partial charge is 0.348 e. The first-order chi connectivity index (χ1) is 9.60. The Morgan fingerprint density at radius 2 is 2.05 bits per heavy atom. The molecule has 1 aromatic rings. The number of nitro groups is 1. The summed E-state index contributed by atoms with van der Waals surface area (Å²) in [5.74, 6) is -0.520. The Labute approximate surface area is 114 Å². The number of carbonyl (C=O) groups is 1. The van der Waals surface area contributed by atoms with Crippen LogP contribution in [-0.4, -0.2) is 37.8 Å². The van der Waals surface area contributed by atoms with Crippen molar-refractivity contribution in [1.82, 2.24) is 0 Å². The number of nitro benzene ring substituents is 1. The van der Waals surface area contributed by atoms with Crippen molar-refractivity contribution in [3.05, 3.63) is 21.7 Å². The molecule has 0 saturated carbocycles. The van der Waals surface area contributed by atoms with Gasteiger partial charge in [0, 0.05) is 0 Å². The van der Waals surface area contributed by atoms with Crippen LogP contribution >= 0.6 is 0 Å². The summed E-state index contributed by atoms with van der Waals surface area (Å²) in [4.78, 5) is 22.2. The van der Waals surface area contributed by atoms with Crippen LogP contribution in [-0.2, 0) is 4.74 Å². The fourth-order valence-corrected chi connectivity index (χ4v) is 1.87. The molecule has 0 aliphatic carbocycles. The number of hydrogen-bond acceptors (Lipinski definition) is 7. The van der Waals surface area contributed by atoms with E-state index in [-0.39, 0.29) is 36.0 Å². The number of hydrogen-bond donors (Lipinski definition) is 0. The number of methoxy groups -OCH3 is 1. The van der Waals surface area contributed by atoms with E-state index in [2.05, 4.69) is 4.74 Å². The Hall–Kier alpha value is -2.51. The molecule has 0 N–H and O–H groups in total. The molecule has 0 atom stereocenters. The average molecular weight is 283 g/mol. The third-order valence-corrected chi connectivity index (χ3v) is 2.64.